The number of hydrogen-bond acceptors (Lipinski definition) is 3. The van der Waals surface area contributed by atoms with E-state index in [0.717, 1.165) is 5.56 Å². The van der Waals surface area contributed by atoms with Crippen LogP contribution in [0.25, 0.3) is 0 Å². The summed E-state index contributed by atoms with van der Waals surface area (Å²) in [5.41, 5.74) is 11.9. The van der Waals surface area contributed by atoms with Crippen LogP contribution in [0.1, 0.15) is 11.1 Å². The molecule has 5 N–H and O–H groups in total. The normalized spacial score (nSPS) is 8.65. The van der Waals surface area contributed by atoms with Gasteiger partial charge in [0, 0.05) is 5.75 Å². The molecule has 1 aromatic carbocycles. The number of nitrogens with zero attached hydrogens (tertiary/aromatic N) is 2. The van der Waals surface area contributed by atoms with Gasteiger partial charge in [-0.25, -0.2) is 0 Å². The molecular weight excluding hydrogens is 258 g/mol. The average Bonchev–Trinajstić information content (AvgIpc) is 2.26. The van der Waals surface area contributed by atoms with Crippen molar-refractivity contribution in [2.75, 3.05) is 0 Å². The third-order valence-corrected chi connectivity index (χ3v) is 2.53. The number of thioether (sulfide) groups is 1. The first-order valence-corrected chi connectivity index (χ1v) is 5.40. The molecule has 0 saturated carbocycles. The maximum atomic E-state index is 8.61. The second kappa shape index (κ2) is 7.54. The first kappa shape index (κ1) is 15.3. The Hall–Kier alpha value is -1.71. The molecule has 0 unspecified atom stereocenters. The van der Waals surface area contributed by atoms with Crippen molar-refractivity contribution in [3.63, 3.8) is 0 Å². The number of benzene rings is 1. The van der Waals surface area contributed by atoms with Gasteiger partial charge in [-0.15, -0.1) is 12.4 Å². The Morgan fingerprint density at radius 3 is 2.41 bits per heavy atom. The summed E-state index contributed by atoms with van der Waals surface area (Å²) in [7, 11) is 0. The first-order valence-electron chi connectivity index (χ1n) is 4.42. The predicted molar refractivity (Wildman–Crippen MR) is 73.2 cm³/mol. The summed E-state index contributed by atoms with van der Waals surface area (Å²) < 4.78 is 0. The molecule has 0 aromatic heterocycles. The molecular formula is C10H12ClN5S. The zero-order valence-electron chi connectivity index (χ0n) is 8.88. The fourth-order valence-electron chi connectivity index (χ4n) is 0.977. The molecule has 0 aliphatic heterocycles. The first-order chi connectivity index (χ1) is 7.61. The highest BCUT2D eigenvalue weighted by Crippen LogP contribution is 2.14. The third kappa shape index (κ3) is 5.80. The minimum Gasteiger partial charge on any atom is -0.370 e. The quantitative estimate of drug-likeness (QED) is 0.557. The highest BCUT2D eigenvalue weighted by Gasteiger charge is 1.98. The molecule has 0 fully saturated rings. The third-order valence-electron chi connectivity index (χ3n) is 1.69. The number of halogens is 1. The molecule has 0 heterocycles. The highest BCUT2D eigenvalue weighted by molar-refractivity contribution is 8.13. The van der Waals surface area contributed by atoms with Gasteiger partial charge in [-0.05, 0) is 17.7 Å². The number of guanidine groups is 1. The van der Waals surface area contributed by atoms with E-state index < -0.39 is 0 Å². The summed E-state index contributed by atoms with van der Waals surface area (Å²) >= 11 is 1.22. The van der Waals surface area contributed by atoms with E-state index in [1.165, 1.54) is 11.8 Å². The van der Waals surface area contributed by atoms with Crippen molar-refractivity contribution in [3.8, 4) is 6.07 Å². The largest absolute Gasteiger partial charge is 0.370 e. The summed E-state index contributed by atoms with van der Waals surface area (Å²) in [5.74, 6) is 0.485. The fraction of sp³-hybridized carbons (Fsp3) is 0.100. The van der Waals surface area contributed by atoms with Crippen molar-refractivity contribution < 1.29 is 0 Å². The number of aliphatic imine (C=N–C) groups is 1. The Labute approximate surface area is 110 Å². The second-order valence-electron chi connectivity index (χ2n) is 2.94. The van der Waals surface area contributed by atoms with Gasteiger partial charge in [-0.2, -0.15) is 10.3 Å². The van der Waals surface area contributed by atoms with Crippen LogP contribution >= 0.6 is 24.2 Å². The van der Waals surface area contributed by atoms with Crippen LogP contribution in [-0.4, -0.2) is 11.1 Å². The minimum atomic E-state index is -0.114. The molecule has 0 bridgehead atoms. The summed E-state index contributed by atoms with van der Waals surface area (Å²) in [5, 5.41) is 16.1. The van der Waals surface area contributed by atoms with E-state index in [9.17, 15) is 0 Å². The number of amidine groups is 1. The highest BCUT2D eigenvalue weighted by atomic mass is 35.5. The van der Waals surface area contributed by atoms with Crippen LogP contribution < -0.4 is 11.5 Å². The maximum Gasteiger partial charge on any atom is 0.193 e. The molecule has 0 aliphatic rings. The molecule has 1 rings (SSSR count). The lowest BCUT2D eigenvalue weighted by Crippen LogP contribution is -2.23. The smallest absolute Gasteiger partial charge is 0.193 e. The van der Waals surface area contributed by atoms with E-state index in [0.29, 0.717) is 11.3 Å². The molecule has 0 spiro atoms. The molecule has 0 atom stereocenters. The minimum absolute atomic E-state index is 0. The van der Waals surface area contributed by atoms with Crippen molar-refractivity contribution >= 4 is 35.3 Å². The Morgan fingerprint density at radius 2 is 1.94 bits per heavy atom. The van der Waals surface area contributed by atoms with Crippen molar-refractivity contribution in [1.82, 2.24) is 0 Å². The predicted octanol–water partition coefficient (Wildman–Crippen LogP) is 1.42. The van der Waals surface area contributed by atoms with E-state index in [1.807, 2.05) is 18.2 Å². The summed E-state index contributed by atoms with van der Waals surface area (Å²) in [6.45, 7) is 0. The van der Waals surface area contributed by atoms with Gasteiger partial charge in [0.1, 0.15) is 0 Å². The van der Waals surface area contributed by atoms with Crippen LogP contribution in [-0.2, 0) is 5.75 Å². The maximum absolute atomic E-state index is 8.61. The number of hydrogen-bond donors (Lipinski definition) is 3. The summed E-state index contributed by atoms with van der Waals surface area (Å²) in [6, 6.07) is 9.20. The molecule has 7 heteroatoms. The Bertz CT molecular complexity index is 445. The Kier molecular flexibility index (Phi) is 6.79. The van der Waals surface area contributed by atoms with Gasteiger partial charge in [0.15, 0.2) is 11.1 Å². The standard InChI is InChI=1S/C10H11N5S.ClH/c11-5-7-1-3-8(4-2-7)6-16-10(14)15-9(12)13;/h1-4H,6H2,(H5,12,13,14,15);1H. The number of nitriles is 1. The van der Waals surface area contributed by atoms with Crippen molar-refractivity contribution in [2.45, 2.75) is 5.75 Å². The van der Waals surface area contributed by atoms with Crippen molar-refractivity contribution in [3.05, 3.63) is 35.4 Å². The Morgan fingerprint density at radius 1 is 1.35 bits per heavy atom. The second-order valence-corrected chi connectivity index (χ2v) is 3.90. The van der Waals surface area contributed by atoms with Crippen molar-refractivity contribution in [2.24, 2.45) is 16.5 Å². The molecule has 90 valence electrons. The monoisotopic (exact) mass is 269 g/mol. The van der Waals surface area contributed by atoms with Gasteiger partial charge < -0.3 is 11.5 Å². The molecule has 17 heavy (non-hydrogen) atoms. The lowest BCUT2D eigenvalue weighted by atomic mass is 10.2. The topological polar surface area (TPSA) is 112 Å². The molecule has 0 saturated heterocycles. The zero-order chi connectivity index (χ0) is 12.0. The van der Waals surface area contributed by atoms with Gasteiger partial charge in [0.25, 0.3) is 0 Å². The van der Waals surface area contributed by atoms with Crippen LogP contribution in [0, 0.1) is 16.7 Å². The van der Waals surface area contributed by atoms with E-state index in [1.54, 1.807) is 12.1 Å². The van der Waals surface area contributed by atoms with Crippen LogP contribution in [0.15, 0.2) is 29.3 Å². The lowest BCUT2D eigenvalue weighted by molar-refractivity contribution is 1.39. The molecule has 0 amide bonds. The number of nitrogens with two attached hydrogens (primary N) is 2. The van der Waals surface area contributed by atoms with E-state index in [4.69, 9.17) is 22.1 Å². The molecule has 0 radical (unpaired) electrons. The molecule has 0 aliphatic carbocycles. The van der Waals surface area contributed by atoms with Crippen LogP contribution in [0.5, 0.6) is 0 Å². The van der Waals surface area contributed by atoms with Crippen molar-refractivity contribution in [1.29, 1.82) is 10.7 Å². The van der Waals surface area contributed by atoms with Crippen LogP contribution in [0.2, 0.25) is 0 Å². The number of nitrogens with one attached hydrogen (secondary N) is 1. The van der Waals surface area contributed by atoms with Gasteiger partial charge in [0.05, 0.1) is 11.6 Å². The van der Waals surface area contributed by atoms with Gasteiger partial charge >= 0.3 is 0 Å². The molecule has 1 aromatic rings. The lowest BCUT2D eigenvalue weighted by Gasteiger charge is -2.00. The van der Waals surface area contributed by atoms with E-state index >= 15 is 0 Å². The SMILES string of the molecule is Cl.N#Cc1ccc(CSC(=N)N=C(N)N)cc1. The average molecular weight is 270 g/mol. The van der Waals surface area contributed by atoms with E-state index in [2.05, 4.69) is 4.99 Å². The molecule has 5 nitrogen and oxygen atoms in total. The van der Waals surface area contributed by atoms with Crippen LogP contribution in [0.3, 0.4) is 0 Å². The number of rotatable bonds is 2. The van der Waals surface area contributed by atoms with Gasteiger partial charge in [-0.3, -0.25) is 5.41 Å². The Balaban J connectivity index is 0.00000256. The van der Waals surface area contributed by atoms with Gasteiger partial charge in [0.2, 0.25) is 0 Å². The summed E-state index contributed by atoms with van der Waals surface area (Å²) in [4.78, 5) is 3.59. The van der Waals surface area contributed by atoms with Gasteiger partial charge in [-0.1, -0.05) is 23.9 Å². The summed E-state index contributed by atoms with van der Waals surface area (Å²) in [6.07, 6.45) is 0. The zero-order valence-corrected chi connectivity index (χ0v) is 10.5. The fourth-order valence-corrected chi connectivity index (χ4v) is 1.64. The van der Waals surface area contributed by atoms with Crippen LogP contribution in [0.4, 0.5) is 0 Å². The van der Waals surface area contributed by atoms with E-state index in [-0.39, 0.29) is 23.5 Å².